The molecule has 3 rings (SSSR count). The molecule has 0 amide bonds. The molecule has 1 atom stereocenters. The van der Waals surface area contributed by atoms with E-state index in [9.17, 15) is 5.11 Å². The van der Waals surface area contributed by atoms with E-state index in [1.54, 1.807) is 11.8 Å². The summed E-state index contributed by atoms with van der Waals surface area (Å²) < 4.78 is 1.03. The third-order valence-corrected chi connectivity index (χ3v) is 4.64. The summed E-state index contributed by atoms with van der Waals surface area (Å²) in [6.45, 7) is 1.61. The molecule has 2 heterocycles. The number of benzene rings is 1. The Morgan fingerprint density at radius 2 is 2.12 bits per heavy atom. The van der Waals surface area contributed by atoms with Crippen molar-refractivity contribution in [1.82, 2.24) is 4.90 Å². The van der Waals surface area contributed by atoms with Crippen molar-refractivity contribution < 1.29 is 5.11 Å². The van der Waals surface area contributed by atoms with Crippen LogP contribution in [-0.4, -0.2) is 34.0 Å². The molecule has 0 bridgehead atoms. The van der Waals surface area contributed by atoms with Crippen LogP contribution < -0.4 is 0 Å². The molecular formula is C11H11BrN2OS. The summed E-state index contributed by atoms with van der Waals surface area (Å²) in [5, 5.41) is 11.7. The van der Waals surface area contributed by atoms with E-state index in [-0.39, 0.29) is 0 Å². The van der Waals surface area contributed by atoms with Gasteiger partial charge >= 0.3 is 0 Å². The van der Waals surface area contributed by atoms with Gasteiger partial charge in [-0.2, -0.15) is 0 Å². The number of nitrogens with zero attached hydrogens (tertiary/aromatic N) is 2. The van der Waals surface area contributed by atoms with Crippen LogP contribution in [0.1, 0.15) is 5.56 Å². The predicted octanol–water partition coefficient (Wildman–Crippen LogP) is 2.01. The molecule has 0 aliphatic carbocycles. The molecule has 2 aliphatic heterocycles. The van der Waals surface area contributed by atoms with Gasteiger partial charge in [-0.25, -0.2) is 0 Å². The smallest absolute Gasteiger partial charge is 0.175 e. The lowest BCUT2D eigenvalue weighted by Gasteiger charge is -2.31. The van der Waals surface area contributed by atoms with Crippen molar-refractivity contribution in [2.75, 3.05) is 18.8 Å². The third-order valence-electron chi connectivity index (χ3n) is 2.96. The summed E-state index contributed by atoms with van der Waals surface area (Å²) in [5.41, 5.74) is 0.0658. The number of halogens is 1. The van der Waals surface area contributed by atoms with Crippen molar-refractivity contribution in [2.45, 2.75) is 5.72 Å². The highest BCUT2D eigenvalue weighted by Crippen LogP contribution is 2.40. The van der Waals surface area contributed by atoms with E-state index >= 15 is 0 Å². The highest BCUT2D eigenvalue weighted by Gasteiger charge is 2.46. The number of aliphatic imine (C=N–C) groups is 1. The molecule has 1 aromatic rings. The third kappa shape index (κ3) is 1.49. The minimum atomic E-state index is -0.874. The fraction of sp³-hybridized carbons (Fsp3) is 0.364. The molecule has 0 spiro atoms. The zero-order valence-corrected chi connectivity index (χ0v) is 11.0. The maximum atomic E-state index is 10.7. The maximum absolute atomic E-state index is 10.7. The van der Waals surface area contributed by atoms with Crippen LogP contribution in [0.2, 0.25) is 0 Å². The van der Waals surface area contributed by atoms with Crippen molar-refractivity contribution in [3.63, 3.8) is 0 Å². The van der Waals surface area contributed by atoms with E-state index < -0.39 is 5.72 Å². The molecule has 2 aliphatic rings. The van der Waals surface area contributed by atoms with Gasteiger partial charge in [0.1, 0.15) is 0 Å². The van der Waals surface area contributed by atoms with Gasteiger partial charge < -0.3 is 10.0 Å². The van der Waals surface area contributed by atoms with Crippen molar-refractivity contribution in [2.24, 2.45) is 4.99 Å². The zero-order chi connectivity index (χ0) is 11.2. The van der Waals surface area contributed by atoms with Gasteiger partial charge in [-0.3, -0.25) is 4.99 Å². The zero-order valence-electron chi connectivity index (χ0n) is 8.56. The number of thioether (sulfide) groups is 1. The second kappa shape index (κ2) is 3.75. The van der Waals surface area contributed by atoms with Gasteiger partial charge in [-0.1, -0.05) is 39.8 Å². The number of hydrogen-bond donors (Lipinski definition) is 1. The van der Waals surface area contributed by atoms with Crippen molar-refractivity contribution >= 4 is 32.9 Å². The number of amidine groups is 1. The number of hydrogen-bond acceptors (Lipinski definition) is 4. The molecule has 1 N–H and O–H groups in total. The molecular weight excluding hydrogens is 288 g/mol. The summed E-state index contributed by atoms with van der Waals surface area (Å²) in [4.78, 5) is 6.37. The molecule has 5 heteroatoms. The minimum absolute atomic E-state index is 0.660. The molecule has 1 aromatic carbocycles. The molecule has 16 heavy (non-hydrogen) atoms. The number of aliphatic hydroxyl groups is 1. The van der Waals surface area contributed by atoms with Crippen LogP contribution in [0.3, 0.4) is 0 Å². The monoisotopic (exact) mass is 298 g/mol. The van der Waals surface area contributed by atoms with E-state index in [0.29, 0.717) is 5.75 Å². The van der Waals surface area contributed by atoms with Crippen LogP contribution in [0.4, 0.5) is 0 Å². The highest BCUT2D eigenvalue weighted by atomic mass is 79.9. The average Bonchev–Trinajstić information content (AvgIpc) is 2.85. The van der Waals surface area contributed by atoms with E-state index in [4.69, 9.17) is 0 Å². The Labute approximate surface area is 107 Å². The summed E-state index contributed by atoms with van der Waals surface area (Å²) >= 11 is 5.04. The molecule has 84 valence electrons. The van der Waals surface area contributed by atoms with Crippen LogP contribution in [-0.2, 0) is 5.72 Å². The first-order valence-corrected chi connectivity index (χ1v) is 6.91. The van der Waals surface area contributed by atoms with E-state index in [2.05, 4.69) is 20.9 Å². The van der Waals surface area contributed by atoms with Crippen molar-refractivity contribution in [3.8, 4) is 0 Å². The number of fused-ring (bicyclic) bond motifs is 1. The van der Waals surface area contributed by atoms with Crippen LogP contribution in [0.5, 0.6) is 0 Å². The van der Waals surface area contributed by atoms with Gasteiger partial charge in [0.2, 0.25) is 0 Å². The Balaban J connectivity index is 1.99. The highest BCUT2D eigenvalue weighted by molar-refractivity contribution is 9.10. The van der Waals surface area contributed by atoms with E-state index in [0.717, 1.165) is 28.3 Å². The Morgan fingerprint density at radius 3 is 2.88 bits per heavy atom. The first kappa shape index (κ1) is 10.6. The van der Waals surface area contributed by atoms with Crippen LogP contribution >= 0.6 is 27.7 Å². The van der Waals surface area contributed by atoms with Crippen LogP contribution in [0.25, 0.3) is 0 Å². The summed E-state index contributed by atoms with van der Waals surface area (Å²) in [6.07, 6.45) is 0. The first-order chi connectivity index (χ1) is 7.70. The van der Waals surface area contributed by atoms with Crippen molar-refractivity contribution in [3.05, 3.63) is 34.3 Å². The fourth-order valence-corrected chi connectivity index (χ4v) is 3.59. The lowest BCUT2D eigenvalue weighted by molar-refractivity contribution is -0.0425. The van der Waals surface area contributed by atoms with Gasteiger partial charge in [0.05, 0.1) is 12.3 Å². The quantitative estimate of drug-likeness (QED) is 0.862. The van der Waals surface area contributed by atoms with Crippen LogP contribution in [0, 0.1) is 0 Å². The van der Waals surface area contributed by atoms with Gasteiger partial charge in [-0.05, 0) is 12.1 Å². The summed E-state index contributed by atoms with van der Waals surface area (Å²) in [6, 6.07) is 7.85. The lowest BCUT2D eigenvalue weighted by Crippen LogP contribution is -2.43. The number of rotatable bonds is 1. The van der Waals surface area contributed by atoms with E-state index in [1.165, 1.54) is 0 Å². The maximum Gasteiger partial charge on any atom is 0.175 e. The second-order valence-electron chi connectivity index (χ2n) is 3.93. The van der Waals surface area contributed by atoms with Gasteiger partial charge in [0.25, 0.3) is 0 Å². The Bertz CT molecular complexity index is 448. The SMILES string of the molecule is O[C@@]1(c2ccc(Br)cc2)CSC2=NCCN21. The molecule has 3 nitrogen and oxygen atoms in total. The first-order valence-electron chi connectivity index (χ1n) is 5.13. The normalized spacial score (nSPS) is 28.1. The lowest BCUT2D eigenvalue weighted by atomic mass is 10.0. The van der Waals surface area contributed by atoms with Gasteiger partial charge in [0.15, 0.2) is 10.9 Å². The average molecular weight is 299 g/mol. The molecule has 0 aromatic heterocycles. The predicted molar refractivity (Wildman–Crippen MR) is 69.5 cm³/mol. The topological polar surface area (TPSA) is 35.8 Å². The fourth-order valence-electron chi connectivity index (χ4n) is 2.09. The molecule has 0 radical (unpaired) electrons. The van der Waals surface area contributed by atoms with E-state index in [1.807, 2.05) is 29.2 Å². The Morgan fingerprint density at radius 1 is 1.38 bits per heavy atom. The summed E-state index contributed by atoms with van der Waals surface area (Å²) in [7, 11) is 0. The van der Waals surface area contributed by atoms with Gasteiger partial charge in [-0.15, -0.1) is 0 Å². The van der Waals surface area contributed by atoms with Crippen molar-refractivity contribution in [1.29, 1.82) is 0 Å². The Kier molecular flexibility index (Phi) is 2.49. The van der Waals surface area contributed by atoms with Crippen LogP contribution in [0.15, 0.2) is 33.7 Å². The summed E-state index contributed by atoms with van der Waals surface area (Å²) in [5.74, 6) is 0.660. The second-order valence-corrected chi connectivity index (χ2v) is 5.79. The standard InChI is InChI=1S/C11H11BrN2OS/c12-9-3-1-8(2-4-9)11(15)7-16-10-13-5-6-14(10)11/h1-4,15H,5-7H2/t11-/m1/s1. The largest absolute Gasteiger partial charge is 0.366 e. The van der Waals surface area contributed by atoms with Gasteiger partial charge in [0, 0.05) is 16.6 Å². The molecule has 0 unspecified atom stereocenters. The molecule has 0 saturated carbocycles. The molecule has 1 saturated heterocycles. The Hall–Kier alpha value is -0.520. The minimum Gasteiger partial charge on any atom is -0.366 e. The molecule has 1 fully saturated rings.